The lowest BCUT2D eigenvalue weighted by atomic mass is 9.77. The maximum absolute atomic E-state index is 9.95. The molecule has 4 nitrogen and oxygen atoms in total. The second kappa shape index (κ2) is 7.07. The van der Waals surface area contributed by atoms with Crippen molar-refractivity contribution in [3.8, 4) is 5.75 Å². The molecule has 1 atom stereocenters. The minimum Gasteiger partial charge on any atom is -0.491 e. The van der Waals surface area contributed by atoms with E-state index in [4.69, 9.17) is 4.74 Å². The van der Waals surface area contributed by atoms with Crippen molar-refractivity contribution in [3.05, 3.63) is 29.8 Å². The topological polar surface area (TPSA) is 61.7 Å². The zero-order chi connectivity index (χ0) is 14.4. The SMILES string of the molecule is CCc1cccc(OCC(O)CNC2(CO)CCC2)c1. The fourth-order valence-corrected chi connectivity index (χ4v) is 2.44. The van der Waals surface area contributed by atoms with Crippen LogP contribution in [0.15, 0.2) is 24.3 Å². The van der Waals surface area contributed by atoms with Crippen LogP contribution in [-0.4, -0.2) is 41.6 Å². The van der Waals surface area contributed by atoms with E-state index in [0.717, 1.165) is 31.4 Å². The van der Waals surface area contributed by atoms with Gasteiger partial charge in [0.05, 0.1) is 6.61 Å². The molecule has 0 aliphatic heterocycles. The molecular weight excluding hydrogens is 254 g/mol. The lowest BCUT2D eigenvalue weighted by molar-refractivity contribution is 0.0540. The van der Waals surface area contributed by atoms with Gasteiger partial charge in [0.15, 0.2) is 0 Å². The highest BCUT2D eigenvalue weighted by molar-refractivity contribution is 5.28. The molecule has 4 heteroatoms. The summed E-state index contributed by atoms with van der Waals surface area (Å²) >= 11 is 0. The van der Waals surface area contributed by atoms with Gasteiger partial charge in [0.2, 0.25) is 0 Å². The van der Waals surface area contributed by atoms with E-state index in [1.807, 2.05) is 18.2 Å². The van der Waals surface area contributed by atoms with Gasteiger partial charge in [-0.3, -0.25) is 0 Å². The lowest BCUT2D eigenvalue weighted by Gasteiger charge is -2.41. The van der Waals surface area contributed by atoms with Crippen LogP contribution in [0.2, 0.25) is 0 Å². The van der Waals surface area contributed by atoms with Gasteiger partial charge in [-0.05, 0) is 43.4 Å². The average Bonchev–Trinajstić information content (AvgIpc) is 2.44. The third-order valence-corrected chi connectivity index (χ3v) is 4.08. The number of benzene rings is 1. The van der Waals surface area contributed by atoms with Crippen LogP contribution >= 0.6 is 0 Å². The van der Waals surface area contributed by atoms with Crippen molar-refractivity contribution in [2.45, 2.75) is 44.2 Å². The summed E-state index contributed by atoms with van der Waals surface area (Å²) in [7, 11) is 0. The second-order valence-corrected chi connectivity index (χ2v) is 5.64. The molecule has 0 bridgehead atoms. The number of β-amino-alcohol motifs (C(OH)–C–C–N with tert-alkyl or cyclic N) is 1. The van der Waals surface area contributed by atoms with Gasteiger partial charge >= 0.3 is 0 Å². The van der Waals surface area contributed by atoms with Crippen LogP contribution in [0.25, 0.3) is 0 Å². The van der Waals surface area contributed by atoms with Crippen LogP contribution in [0.1, 0.15) is 31.7 Å². The summed E-state index contributed by atoms with van der Waals surface area (Å²) in [4.78, 5) is 0. The van der Waals surface area contributed by atoms with E-state index in [0.29, 0.717) is 6.54 Å². The van der Waals surface area contributed by atoms with Crippen molar-refractivity contribution >= 4 is 0 Å². The minimum absolute atomic E-state index is 0.138. The van der Waals surface area contributed by atoms with E-state index in [1.54, 1.807) is 0 Å². The highest BCUT2D eigenvalue weighted by Crippen LogP contribution is 2.30. The monoisotopic (exact) mass is 279 g/mol. The highest BCUT2D eigenvalue weighted by atomic mass is 16.5. The number of nitrogens with one attached hydrogen (secondary N) is 1. The first-order chi connectivity index (χ1) is 9.67. The molecule has 3 N–H and O–H groups in total. The maximum Gasteiger partial charge on any atom is 0.119 e. The van der Waals surface area contributed by atoms with E-state index in [-0.39, 0.29) is 18.8 Å². The number of aliphatic hydroxyl groups is 2. The molecule has 1 aliphatic carbocycles. The van der Waals surface area contributed by atoms with E-state index in [1.165, 1.54) is 5.56 Å². The molecule has 1 aliphatic rings. The van der Waals surface area contributed by atoms with Crippen molar-refractivity contribution < 1.29 is 14.9 Å². The van der Waals surface area contributed by atoms with Crippen LogP contribution in [-0.2, 0) is 6.42 Å². The molecule has 0 saturated heterocycles. The molecule has 0 radical (unpaired) electrons. The summed E-state index contributed by atoms with van der Waals surface area (Å²) < 4.78 is 5.61. The van der Waals surface area contributed by atoms with Crippen LogP contribution in [0, 0.1) is 0 Å². The quantitative estimate of drug-likeness (QED) is 0.675. The smallest absolute Gasteiger partial charge is 0.119 e. The third-order valence-electron chi connectivity index (χ3n) is 4.08. The van der Waals surface area contributed by atoms with E-state index in [2.05, 4.69) is 18.3 Å². The van der Waals surface area contributed by atoms with Crippen molar-refractivity contribution in [1.82, 2.24) is 5.32 Å². The molecule has 0 spiro atoms. The van der Waals surface area contributed by atoms with Gasteiger partial charge < -0.3 is 20.3 Å². The Morgan fingerprint density at radius 2 is 2.20 bits per heavy atom. The zero-order valence-corrected chi connectivity index (χ0v) is 12.1. The Morgan fingerprint density at radius 1 is 1.40 bits per heavy atom. The van der Waals surface area contributed by atoms with Crippen LogP contribution < -0.4 is 10.1 Å². The molecule has 112 valence electrons. The lowest BCUT2D eigenvalue weighted by Crippen LogP contribution is -2.56. The minimum atomic E-state index is -0.565. The van der Waals surface area contributed by atoms with Crippen molar-refractivity contribution in [3.63, 3.8) is 0 Å². The molecule has 1 unspecified atom stereocenters. The fourth-order valence-electron chi connectivity index (χ4n) is 2.44. The number of hydrogen-bond donors (Lipinski definition) is 3. The van der Waals surface area contributed by atoms with Crippen LogP contribution in [0.5, 0.6) is 5.75 Å². The summed E-state index contributed by atoms with van der Waals surface area (Å²) in [5.74, 6) is 0.795. The van der Waals surface area contributed by atoms with Crippen molar-refractivity contribution in [1.29, 1.82) is 0 Å². The standard InChI is InChI=1S/C16H25NO3/c1-2-13-5-3-6-15(9-13)20-11-14(19)10-17-16(12-18)7-4-8-16/h3,5-6,9,14,17-19H,2,4,7-8,10-12H2,1H3. The summed E-state index contributed by atoms with van der Waals surface area (Å²) in [6.07, 6.45) is 3.51. The Labute approximate surface area is 120 Å². The van der Waals surface area contributed by atoms with Crippen LogP contribution in [0.3, 0.4) is 0 Å². The fraction of sp³-hybridized carbons (Fsp3) is 0.625. The first-order valence-electron chi connectivity index (χ1n) is 7.43. The number of aliphatic hydroxyl groups excluding tert-OH is 2. The van der Waals surface area contributed by atoms with Gasteiger partial charge in [0.1, 0.15) is 18.5 Å². The molecule has 2 rings (SSSR count). The van der Waals surface area contributed by atoms with Gasteiger partial charge in [-0.25, -0.2) is 0 Å². The predicted molar refractivity (Wildman–Crippen MR) is 79.0 cm³/mol. The second-order valence-electron chi connectivity index (χ2n) is 5.64. The Morgan fingerprint density at radius 3 is 2.80 bits per heavy atom. The van der Waals surface area contributed by atoms with Gasteiger partial charge in [-0.1, -0.05) is 19.1 Å². The third kappa shape index (κ3) is 3.95. The molecule has 0 amide bonds. The molecule has 1 saturated carbocycles. The Kier molecular flexibility index (Phi) is 5.40. The van der Waals surface area contributed by atoms with E-state index in [9.17, 15) is 10.2 Å². The Hall–Kier alpha value is -1.10. The largest absolute Gasteiger partial charge is 0.491 e. The number of ether oxygens (including phenoxy) is 1. The maximum atomic E-state index is 9.95. The van der Waals surface area contributed by atoms with Crippen LogP contribution in [0.4, 0.5) is 0 Å². The molecule has 1 fully saturated rings. The first kappa shape index (κ1) is 15.3. The molecule has 0 heterocycles. The average molecular weight is 279 g/mol. The summed E-state index contributed by atoms with van der Waals surface area (Å²) in [5.41, 5.74) is 1.06. The number of hydrogen-bond acceptors (Lipinski definition) is 4. The van der Waals surface area contributed by atoms with Crippen molar-refractivity contribution in [2.24, 2.45) is 0 Å². The summed E-state index contributed by atoms with van der Waals surface area (Å²) in [5, 5.41) is 22.5. The zero-order valence-electron chi connectivity index (χ0n) is 12.1. The van der Waals surface area contributed by atoms with Gasteiger partial charge in [0.25, 0.3) is 0 Å². The normalized spacial score (nSPS) is 18.4. The van der Waals surface area contributed by atoms with Crippen molar-refractivity contribution in [2.75, 3.05) is 19.8 Å². The number of rotatable bonds is 8. The molecule has 0 aromatic heterocycles. The van der Waals surface area contributed by atoms with E-state index >= 15 is 0 Å². The predicted octanol–water partition coefficient (Wildman–Crippen LogP) is 1.49. The van der Waals surface area contributed by atoms with Gasteiger partial charge in [-0.15, -0.1) is 0 Å². The summed E-state index contributed by atoms with van der Waals surface area (Å²) in [6, 6.07) is 7.93. The molecule has 1 aromatic rings. The van der Waals surface area contributed by atoms with Gasteiger partial charge in [-0.2, -0.15) is 0 Å². The Balaban J connectivity index is 1.73. The first-order valence-corrected chi connectivity index (χ1v) is 7.43. The Bertz CT molecular complexity index is 412. The van der Waals surface area contributed by atoms with Gasteiger partial charge in [0, 0.05) is 12.1 Å². The summed E-state index contributed by atoms with van der Waals surface area (Å²) in [6.45, 7) is 2.96. The molecular formula is C16H25NO3. The molecule has 20 heavy (non-hydrogen) atoms. The highest BCUT2D eigenvalue weighted by Gasteiger charge is 2.35. The molecule has 1 aromatic carbocycles. The number of aryl methyl sites for hydroxylation is 1. The van der Waals surface area contributed by atoms with E-state index < -0.39 is 6.10 Å².